The molecule has 0 fully saturated rings. The minimum absolute atomic E-state index is 0. The Balaban J connectivity index is -0.0000000720. The zero-order valence-electron chi connectivity index (χ0n) is 3.72. The van der Waals surface area contributed by atoms with E-state index in [2.05, 4.69) is 23.2 Å². The summed E-state index contributed by atoms with van der Waals surface area (Å²) in [7, 11) is 0. The molecule has 0 aromatic carbocycles. The number of carbonyl (C=O) groups excluding carboxylic acids is 2. The van der Waals surface area contributed by atoms with Crippen molar-refractivity contribution in [3.63, 3.8) is 0 Å². The Morgan fingerprint density at radius 2 is 1.00 bits per heavy atom. The molecule has 4 nitrogen and oxygen atoms in total. The summed E-state index contributed by atoms with van der Waals surface area (Å²) in [6.45, 7) is 0. The predicted molar refractivity (Wildman–Crippen MR) is 22.5 cm³/mol. The number of halogens is 2. The Morgan fingerprint density at radius 1 is 1.00 bits per heavy atom. The second-order valence-electron chi connectivity index (χ2n) is 0.475. The Kier molecular flexibility index (Phi) is 19.4. The van der Waals surface area contributed by atoms with Gasteiger partial charge in [0.25, 0.3) is 0 Å². The van der Waals surface area contributed by atoms with Crippen LogP contribution in [0.3, 0.4) is 0 Å². The summed E-state index contributed by atoms with van der Waals surface area (Å²) in [5, 5.41) is 17.3. The summed E-state index contributed by atoms with van der Waals surface area (Å²) in [6, 6.07) is 0. The van der Waals surface area contributed by atoms with Crippen LogP contribution in [0.4, 0.5) is 9.59 Å². The fraction of sp³-hybridized carbons (Fsp3) is 0. The summed E-state index contributed by atoms with van der Waals surface area (Å²) >= 11 is 8.16. The van der Waals surface area contributed by atoms with Crippen LogP contribution in [0.1, 0.15) is 0 Å². The molecule has 0 amide bonds. The molecule has 0 aliphatic heterocycles. The maximum absolute atomic E-state index is 8.65. The fourth-order valence-electron chi connectivity index (χ4n) is 0. The first-order valence-corrected chi connectivity index (χ1v) is 1.95. The molecule has 55 valence electrons. The molecule has 7 heteroatoms. The Labute approximate surface area is 70.9 Å². The van der Waals surface area contributed by atoms with Gasteiger partial charge in [0.1, 0.15) is 10.9 Å². The molecule has 0 N–H and O–H groups in total. The normalized spacial score (nSPS) is 5.56. The second kappa shape index (κ2) is 10.9. The molecule has 0 aliphatic carbocycles. The summed E-state index contributed by atoms with van der Waals surface area (Å²) in [4.78, 5) is 17.3. The Morgan fingerprint density at radius 3 is 1.00 bits per heavy atom. The zero-order chi connectivity index (χ0) is 7.15. The summed E-state index contributed by atoms with van der Waals surface area (Å²) in [5.41, 5.74) is -3.22. The summed E-state index contributed by atoms with van der Waals surface area (Å²) in [6.07, 6.45) is 0. The van der Waals surface area contributed by atoms with Gasteiger partial charge in [-0.3, -0.25) is 0 Å². The van der Waals surface area contributed by atoms with Gasteiger partial charge in [0.2, 0.25) is 0 Å². The van der Waals surface area contributed by atoms with Crippen molar-refractivity contribution >= 4 is 34.1 Å². The third kappa shape index (κ3) is 415000. The van der Waals surface area contributed by atoms with E-state index in [0.29, 0.717) is 0 Å². The van der Waals surface area contributed by atoms with Crippen LogP contribution in [0.2, 0.25) is 0 Å². The summed E-state index contributed by atoms with van der Waals surface area (Å²) < 4.78 is 0. The molecular formula is C2Cl2CoO4. The van der Waals surface area contributed by atoms with Gasteiger partial charge in [-0.05, 0) is 0 Å². The van der Waals surface area contributed by atoms with Gasteiger partial charge in [0.05, 0.1) is 0 Å². The summed E-state index contributed by atoms with van der Waals surface area (Å²) in [5.74, 6) is 0. The van der Waals surface area contributed by atoms with E-state index in [-0.39, 0.29) is 16.8 Å². The van der Waals surface area contributed by atoms with Gasteiger partial charge in [-0.15, -0.1) is 0 Å². The minimum atomic E-state index is -1.61. The predicted octanol–water partition coefficient (Wildman–Crippen LogP) is -0.865. The van der Waals surface area contributed by atoms with E-state index in [1.165, 1.54) is 0 Å². The molecule has 9 heavy (non-hydrogen) atoms. The molecule has 0 heterocycles. The van der Waals surface area contributed by atoms with Gasteiger partial charge in [0, 0.05) is 0 Å². The molecule has 0 saturated carbocycles. The quantitative estimate of drug-likeness (QED) is 0.495. The molecule has 0 saturated heterocycles. The number of carbonyl (C=O) groups is 2. The zero-order valence-corrected chi connectivity index (χ0v) is 6.28. The van der Waals surface area contributed by atoms with Gasteiger partial charge in [-0.25, -0.2) is 0 Å². The smallest absolute Gasteiger partial charge is 0.534 e. The standard InChI is InChI=1S/2CHClO2.Co/c2*2-1(3)4;/h2*(H,3,4);/q;;+2/p-2. The van der Waals surface area contributed by atoms with Crippen molar-refractivity contribution in [2.24, 2.45) is 0 Å². The molecule has 1 radical (unpaired) electrons. The average Bonchev–Trinajstić information content (AvgIpc) is 1.25. The molecular weight excluding hydrogens is 218 g/mol. The van der Waals surface area contributed by atoms with Crippen LogP contribution < -0.4 is 10.2 Å². The number of rotatable bonds is 0. The van der Waals surface area contributed by atoms with Crippen molar-refractivity contribution in [3.8, 4) is 0 Å². The van der Waals surface area contributed by atoms with Crippen molar-refractivity contribution in [3.05, 3.63) is 0 Å². The molecule has 0 spiro atoms. The van der Waals surface area contributed by atoms with E-state index < -0.39 is 10.9 Å². The molecule has 0 bridgehead atoms. The largest absolute Gasteiger partial charge is 2.00 e. The SMILES string of the molecule is O=C([O-])Cl.O=C([O-])Cl.[Co+2]. The number of hydrogen-bond acceptors (Lipinski definition) is 4. The molecule has 0 aromatic heterocycles. The second-order valence-corrected chi connectivity index (χ2v) is 1.09. The molecule has 0 aliphatic rings. The van der Waals surface area contributed by atoms with Crippen LogP contribution in [0.15, 0.2) is 0 Å². The van der Waals surface area contributed by atoms with Gasteiger partial charge in [0.15, 0.2) is 0 Å². The van der Waals surface area contributed by atoms with Crippen molar-refractivity contribution in [2.45, 2.75) is 0 Å². The first-order chi connectivity index (χ1) is 3.46. The average molecular weight is 218 g/mol. The van der Waals surface area contributed by atoms with Crippen LogP contribution in [0.25, 0.3) is 0 Å². The first kappa shape index (κ1) is 16.0. The van der Waals surface area contributed by atoms with Crippen LogP contribution >= 0.6 is 23.2 Å². The maximum atomic E-state index is 8.65. The van der Waals surface area contributed by atoms with Crippen LogP contribution in [-0.4, -0.2) is 10.9 Å². The van der Waals surface area contributed by atoms with Crippen molar-refractivity contribution < 1.29 is 36.6 Å². The molecule has 0 atom stereocenters. The third-order valence-electron chi connectivity index (χ3n) is 0. The van der Waals surface area contributed by atoms with Crippen molar-refractivity contribution in [1.29, 1.82) is 0 Å². The van der Waals surface area contributed by atoms with E-state index in [0.717, 1.165) is 0 Å². The monoisotopic (exact) mass is 217 g/mol. The minimum Gasteiger partial charge on any atom is -0.534 e. The van der Waals surface area contributed by atoms with Crippen LogP contribution in [-0.2, 0) is 16.8 Å². The van der Waals surface area contributed by atoms with Gasteiger partial charge in [-0.2, -0.15) is 0 Å². The molecule has 0 aromatic rings. The topological polar surface area (TPSA) is 80.3 Å². The van der Waals surface area contributed by atoms with E-state index >= 15 is 0 Å². The third-order valence-corrected chi connectivity index (χ3v) is 0. The Hall–Kier alpha value is 0.0265. The van der Waals surface area contributed by atoms with Gasteiger partial charge < -0.3 is 19.8 Å². The van der Waals surface area contributed by atoms with Gasteiger partial charge >= 0.3 is 16.8 Å². The number of carboxylic acid groups (broad SMARTS) is 2. The first-order valence-electron chi connectivity index (χ1n) is 1.19. The molecule has 0 rings (SSSR count). The van der Waals surface area contributed by atoms with Gasteiger partial charge in [-0.1, -0.05) is 23.2 Å². The van der Waals surface area contributed by atoms with Crippen LogP contribution in [0, 0.1) is 0 Å². The van der Waals surface area contributed by atoms with E-state index in [9.17, 15) is 0 Å². The van der Waals surface area contributed by atoms with E-state index in [1.807, 2.05) is 0 Å². The van der Waals surface area contributed by atoms with Crippen molar-refractivity contribution in [1.82, 2.24) is 0 Å². The Bertz CT molecular complexity index is 74.6. The van der Waals surface area contributed by atoms with E-state index in [4.69, 9.17) is 19.8 Å². The van der Waals surface area contributed by atoms with Crippen molar-refractivity contribution in [2.75, 3.05) is 0 Å². The number of hydrogen-bond donors (Lipinski definition) is 0. The van der Waals surface area contributed by atoms with E-state index in [1.54, 1.807) is 0 Å². The van der Waals surface area contributed by atoms with Crippen LogP contribution in [0.5, 0.6) is 0 Å². The maximum Gasteiger partial charge on any atom is 2.00 e. The molecule has 0 unspecified atom stereocenters. The fourth-order valence-corrected chi connectivity index (χ4v) is 0.